The molecule has 3 aromatic heterocycles. The van der Waals surface area contributed by atoms with Crippen LogP contribution in [0.4, 0.5) is 0 Å². The first kappa shape index (κ1) is 18.7. The summed E-state index contributed by atoms with van der Waals surface area (Å²) in [5, 5.41) is 18.3. The van der Waals surface area contributed by atoms with Gasteiger partial charge >= 0.3 is 0 Å². The number of hydrogen-bond donors (Lipinski definition) is 0. The molecule has 5 rings (SSSR count). The first-order valence-electron chi connectivity index (χ1n) is 9.04. The summed E-state index contributed by atoms with van der Waals surface area (Å²) < 4.78 is 13.0. The summed E-state index contributed by atoms with van der Waals surface area (Å²) in [6, 6.07) is 21.0. The van der Waals surface area contributed by atoms with E-state index in [9.17, 15) is 0 Å². The minimum Gasteiger partial charge on any atom is -0.459 e. The van der Waals surface area contributed by atoms with Crippen molar-refractivity contribution in [2.45, 2.75) is 10.9 Å². The summed E-state index contributed by atoms with van der Waals surface area (Å²) in [5.74, 6) is 2.53. The van der Waals surface area contributed by atoms with Crippen molar-refractivity contribution in [2.24, 2.45) is 0 Å². The predicted octanol–water partition coefficient (Wildman–Crippen LogP) is 5.52. The van der Waals surface area contributed by atoms with E-state index in [1.54, 1.807) is 18.4 Å². The Kier molecular flexibility index (Phi) is 5.08. The normalized spacial score (nSPS) is 11.1. The van der Waals surface area contributed by atoms with Crippen LogP contribution in [0.15, 0.2) is 87.0 Å². The van der Waals surface area contributed by atoms with Crippen molar-refractivity contribution in [3.05, 3.63) is 83.9 Å². The van der Waals surface area contributed by atoms with E-state index in [4.69, 9.17) is 20.4 Å². The average molecular weight is 436 g/mol. The maximum atomic E-state index is 6.04. The summed E-state index contributed by atoms with van der Waals surface area (Å²) >= 11 is 7.50. The van der Waals surface area contributed by atoms with Crippen LogP contribution in [-0.2, 0) is 5.75 Å². The van der Waals surface area contributed by atoms with Crippen LogP contribution in [0.5, 0.6) is 0 Å². The molecule has 0 saturated heterocycles. The highest BCUT2D eigenvalue weighted by atomic mass is 35.5. The Morgan fingerprint density at radius 2 is 1.70 bits per heavy atom. The zero-order chi connectivity index (χ0) is 20.3. The quantitative estimate of drug-likeness (QED) is 0.324. The van der Waals surface area contributed by atoms with Crippen molar-refractivity contribution in [1.82, 2.24) is 25.0 Å². The number of halogens is 1. The predicted molar refractivity (Wildman–Crippen MR) is 113 cm³/mol. The maximum absolute atomic E-state index is 6.04. The fraction of sp³-hybridized carbons (Fsp3) is 0.0476. The first-order valence-corrected chi connectivity index (χ1v) is 10.4. The summed E-state index contributed by atoms with van der Waals surface area (Å²) in [7, 11) is 0. The molecule has 2 aromatic carbocycles. The molecule has 30 heavy (non-hydrogen) atoms. The molecule has 0 bridgehead atoms. The second-order valence-electron chi connectivity index (χ2n) is 6.25. The molecule has 0 N–H and O–H groups in total. The monoisotopic (exact) mass is 435 g/mol. The number of benzene rings is 2. The summed E-state index contributed by atoms with van der Waals surface area (Å²) in [4.78, 5) is 0. The molecule has 148 valence electrons. The van der Waals surface area contributed by atoms with E-state index < -0.39 is 0 Å². The molecule has 0 atom stereocenters. The maximum Gasteiger partial charge on any atom is 0.283 e. The second kappa shape index (κ2) is 8.17. The van der Waals surface area contributed by atoms with Crippen LogP contribution in [0.1, 0.15) is 5.89 Å². The van der Waals surface area contributed by atoms with E-state index in [1.807, 2.05) is 59.2 Å². The van der Waals surface area contributed by atoms with Gasteiger partial charge in [-0.1, -0.05) is 41.6 Å². The van der Waals surface area contributed by atoms with E-state index in [0.717, 1.165) is 17.1 Å². The lowest BCUT2D eigenvalue weighted by molar-refractivity contribution is 0.494. The largest absolute Gasteiger partial charge is 0.459 e. The Bertz CT molecular complexity index is 1250. The van der Waals surface area contributed by atoms with Crippen molar-refractivity contribution < 1.29 is 8.83 Å². The van der Waals surface area contributed by atoms with Crippen LogP contribution >= 0.6 is 23.4 Å². The molecule has 7 nitrogen and oxygen atoms in total. The summed E-state index contributed by atoms with van der Waals surface area (Å²) in [6.07, 6.45) is 1.56. The highest BCUT2D eigenvalue weighted by Gasteiger charge is 2.18. The van der Waals surface area contributed by atoms with Crippen molar-refractivity contribution in [3.63, 3.8) is 0 Å². The number of thioether (sulfide) groups is 1. The lowest BCUT2D eigenvalue weighted by atomic mass is 10.2. The van der Waals surface area contributed by atoms with Gasteiger partial charge in [-0.25, -0.2) is 0 Å². The third-order valence-electron chi connectivity index (χ3n) is 4.27. The van der Waals surface area contributed by atoms with Gasteiger partial charge < -0.3 is 8.83 Å². The van der Waals surface area contributed by atoms with Crippen LogP contribution < -0.4 is 0 Å². The minimum atomic E-state index is 0.349. The van der Waals surface area contributed by atoms with E-state index >= 15 is 0 Å². The summed E-state index contributed by atoms with van der Waals surface area (Å²) in [6.45, 7) is 0. The molecule has 5 aromatic rings. The van der Waals surface area contributed by atoms with Gasteiger partial charge in [0.2, 0.25) is 5.89 Å². The fourth-order valence-electron chi connectivity index (χ4n) is 2.90. The minimum absolute atomic E-state index is 0.349. The Balaban J connectivity index is 1.45. The van der Waals surface area contributed by atoms with Crippen molar-refractivity contribution in [3.8, 4) is 28.7 Å². The summed E-state index contributed by atoms with van der Waals surface area (Å²) in [5.41, 5.74) is 1.87. The number of rotatable bonds is 6. The zero-order valence-electron chi connectivity index (χ0n) is 15.5. The molecule has 0 spiro atoms. The Labute approximate surface area is 180 Å². The topological polar surface area (TPSA) is 82.8 Å². The first-order chi connectivity index (χ1) is 14.8. The molecular formula is C21H14ClN5O2S. The van der Waals surface area contributed by atoms with Crippen molar-refractivity contribution >= 4 is 23.4 Å². The Hall–Kier alpha value is -3.36. The van der Waals surface area contributed by atoms with Gasteiger partial charge in [-0.2, -0.15) is 0 Å². The standard InChI is InChI=1S/C21H14ClN5O2S/c22-15-10-8-14(9-11-15)19-24-26-21(27(19)16-5-2-1-3-6-16)30-13-18-23-25-20(29-18)17-7-4-12-28-17/h1-12H,13H2. The van der Waals surface area contributed by atoms with Gasteiger partial charge in [-0.05, 0) is 48.5 Å². The highest BCUT2D eigenvalue weighted by Crippen LogP contribution is 2.30. The van der Waals surface area contributed by atoms with Gasteiger partial charge in [-0.15, -0.1) is 20.4 Å². The molecule has 0 radical (unpaired) electrons. The van der Waals surface area contributed by atoms with Crippen molar-refractivity contribution in [1.29, 1.82) is 0 Å². The number of hydrogen-bond acceptors (Lipinski definition) is 7. The van der Waals surface area contributed by atoms with Gasteiger partial charge in [0.1, 0.15) is 0 Å². The molecule has 0 amide bonds. The van der Waals surface area contributed by atoms with E-state index in [-0.39, 0.29) is 0 Å². The highest BCUT2D eigenvalue weighted by molar-refractivity contribution is 7.98. The van der Waals surface area contributed by atoms with Crippen LogP contribution in [0.2, 0.25) is 5.02 Å². The lowest BCUT2D eigenvalue weighted by Crippen LogP contribution is -1.99. The lowest BCUT2D eigenvalue weighted by Gasteiger charge is -2.10. The SMILES string of the molecule is Clc1ccc(-c2nnc(SCc3nnc(-c4ccco4)o3)n2-c2ccccc2)cc1. The van der Waals surface area contributed by atoms with Gasteiger partial charge in [0.25, 0.3) is 5.89 Å². The Morgan fingerprint density at radius 3 is 2.47 bits per heavy atom. The molecule has 0 unspecified atom stereocenters. The molecule has 0 aliphatic rings. The smallest absolute Gasteiger partial charge is 0.283 e. The number of furan rings is 1. The molecule has 0 aliphatic heterocycles. The van der Waals surface area contributed by atoms with E-state index in [1.165, 1.54) is 11.8 Å². The van der Waals surface area contributed by atoms with Crippen LogP contribution in [-0.4, -0.2) is 25.0 Å². The zero-order valence-corrected chi connectivity index (χ0v) is 17.0. The van der Waals surface area contributed by atoms with Gasteiger partial charge in [0.05, 0.1) is 12.0 Å². The fourth-order valence-corrected chi connectivity index (χ4v) is 3.81. The third-order valence-corrected chi connectivity index (χ3v) is 5.44. The number of para-hydroxylation sites is 1. The van der Waals surface area contributed by atoms with Gasteiger partial charge in [0.15, 0.2) is 16.7 Å². The van der Waals surface area contributed by atoms with Gasteiger partial charge in [0, 0.05) is 16.3 Å². The Morgan fingerprint density at radius 1 is 0.867 bits per heavy atom. The molecule has 3 heterocycles. The molecular weight excluding hydrogens is 422 g/mol. The molecule has 0 saturated carbocycles. The van der Waals surface area contributed by atoms with Crippen LogP contribution in [0.3, 0.4) is 0 Å². The molecule has 9 heteroatoms. The number of aromatic nitrogens is 5. The van der Waals surface area contributed by atoms with E-state index in [2.05, 4.69) is 20.4 Å². The second-order valence-corrected chi connectivity index (χ2v) is 7.63. The number of nitrogens with zero attached hydrogens (tertiary/aromatic N) is 5. The van der Waals surface area contributed by atoms with Crippen LogP contribution in [0, 0.1) is 0 Å². The third kappa shape index (κ3) is 3.74. The molecule has 0 aliphatic carbocycles. The van der Waals surface area contributed by atoms with Crippen LogP contribution in [0.25, 0.3) is 28.7 Å². The van der Waals surface area contributed by atoms with Crippen molar-refractivity contribution in [2.75, 3.05) is 0 Å². The van der Waals surface area contributed by atoms with Gasteiger partial charge in [-0.3, -0.25) is 4.57 Å². The average Bonchev–Trinajstić information content (AvgIpc) is 3.53. The van der Waals surface area contributed by atoms with E-state index in [0.29, 0.717) is 33.5 Å². The molecule has 0 fully saturated rings.